The molecule has 0 radical (unpaired) electrons. The van der Waals surface area contributed by atoms with Crippen LogP contribution in [0.4, 0.5) is 0 Å². The highest BCUT2D eigenvalue weighted by Crippen LogP contribution is 2.17. The molecule has 0 unspecified atom stereocenters. The number of carbonyl (C=O) groups is 1. The maximum Gasteiger partial charge on any atom is 0.180 e. The molecule has 1 heterocycles. The van der Waals surface area contributed by atoms with E-state index in [9.17, 15) is 4.79 Å². The molecule has 88 valence electrons. The molecular formula is C12H11ClN2OS. The number of aromatic nitrogens is 2. The predicted octanol–water partition coefficient (Wildman–Crippen LogP) is 3.18. The van der Waals surface area contributed by atoms with Crippen LogP contribution in [0.25, 0.3) is 0 Å². The van der Waals surface area contributed by atoms with Crippen molar-refractivity contribution in [3.05, 3.63) is 45.4 Å². The average Bonchev–Trinajstić information content (AvgIpc) is 2.77. The highest BCUT2D eigenvalue weighted by atomic mass is 35.5. The van der Waals surface area contributed by atoms with E-state index in [0.717, 1.165) is 29.2 Å². The van der Waals surface area contributed by atoms with Crippen molar-refractivity contribution in [2.75, 3.05) is 0 Å². The molecule has 5 heteroatoms. The van der Waals surface area contributed by atoms with Crippen LogP contribution in [-0.2, 0) is 12.8 Å². The fraction of sp³-hybridized carbons (Fsp3) is 0.250. The summed E-state index contributed by atoms with van der Waals surface area (Å²) in [6.07, 6.45) is 1.07. The van der Waals surface area contributed by atoms with Gasteiger partial charge in [0, 0.05) is 11.4 Å². The monoisotopic (exact) mass is 266 g/mol. The van der Waals surface area contributed by atoms with E-state index in [2.05, 4.69) is 9.59 Å². The van der Waals surface area contributed by atoms with Gasteiger partial charge in [0.05, 0.1) is 5.69 Å². The number of halogens is 1. The molecule has 17 heavy (non-hydrogen) atoms. The highest BCUT2D eigenvalue weighted by molar-refractivity contribution is 7.08. The molecule has 0 bridgehead atoms. The van der Waals surface area contributed by atoms with E-state index >= 15 is 0 Å². The number of hydrogen-bond donors (Lipinski definition) is 0. The number of benzene rings is 1. The summed E-state index contributed by atoms with van der Waals surface area (Å²) in [5, 5.41) is 4.58. The van der Waals surface area contributed by atoms with Crippen LogP contribution < -0.4 is 0 Å². The molecular weight excluding hydrogens is 256 g/mol. The maximum absolute atomic E-state index is 12.1. The van der Waals surface area contributed by atoms with Gasteiger partial charge in [0.2, 0.25) is 0 Å². The molecule has 2 aromatic rings. The Balaban J connectivity index is 2.17. The minimum atomic E-state index is 0.0547. The third-order valence-corrected chi connectivity index (χ3v) is 3.44. The van der Waals surface area contributed by atoms with Gasteiger partial charge in [0.25, 0.3) is 0 Å². The Bertz CT molecular complexity index is 539. The molecule has 3 nitrogen and oxygen atoms in total. The lowest BCUT2D eigenvalue weighted by Gasteiger charge is -2.00. The lowest BCUT2D eigenvalue weighted by molar-refractivity contribution is 0.0996. The van der Waals surface area contributed by atoms with Gasteiger partial charge < -0.3 is 0 Å². The van der Waals surface area contributed by atoms with Crippen LogP contribution in [0.3, 0.4) is 0 Å². The van der Waals surface area contributed by atoms with Crippen LogP contribution >= 0.6 is 23.1 Å². The summed E-state index contributed by atoms with van der Waals surface area (Å²) in [6, 6.07) is 7.33. The van der Waals surface area contributed by atoms with Gasteiger partial charge in [-0.1, -0.05) is 35.1 Å². The summed E-state index contributed by atoms with van der Waals surface area (Å²) in [7, 11) is 0. The van der Waals surface area contributed by atoms with Crippen molar-refractivity contribution in [1.29, 1.82) is 0 Å². The zero-order valence-corrected chi connectivity index (χ0v) is 10.9. The molecule has 0 fully saturated rings. The molecule has 0 N–H and O–H groups in total. The lowest BCUT2D eigenvalue weighted by atomic mass is 10.1. The first-order valence-electron chi connectivity index (χ1n) is 5.29. The fourth-order valence-electron chi connectivity index (χ4n) is 1.56. The number of ketones is 1. The predicted molar refractivity (Wildman–Crippen MR) is 68.8 cm³/mol. The summed E-state index contributed by atoms with van der Waals surface area (Å²) in [6.45, 7) is 1.97. The Hall–Kier alpha value is -1.26. The van der Waals surface area contributed by atoms with Crippen molar-refractivity contribution in [3.8, 4) is 0 Å². The Morgan fingerprint density at radius 1 is 1.47 bits per heavy atom. The van der Waals surface area contributed by atoms with Crippen LogP contribution in [0.2, 0.25) is 5.02 Å². The number of aryl methyl sites for hydroxylation is 1. The summed E-state index contributed by atoms with van der Waals surface area (Å²) in [4.78, 5) is 12.7. The minimum absolute atomic E-state index is 0.0547. The summed E-state index contributed by atoms with van der Waals surface area (Å²) < 4.78 is 3.82. The van der Waals surface area contributed by atoms with Crippen LogP contribution in [0.15, 0.2) is 24.3 Å². The SMILES string of the molecule is CCc1nnsc1C(=O)Cc1cccc(Cl)c1. The Morgan fingerprint density at radius 2 is 2.29 bits per heavy atom. The largest absolute Gasteiger partial charge is 0.293 e. The number of rotatable bonds is 4. The van der Waals surface area contributed by atoms with Crippen LogP contribution in [-0.4, -0.2) is 15.4 Å². The minimum Gasteiger partial charge on any atom is -0.293 e. The smallest absolute Gasteiger partial charge is 0.180 e. The second-order valence-corrected chi connectivity index (χ2v) is 4.82. The van der Waals surface area contributed by atoms with E-state index in [1.807, 2.05) is 19.1 Å². The van der Waals surface area contributed by atoms with Crippen LogP contribution in [0, 0.1) is 0 Å². The van der Waals surface area contributed by atoms with Gasteiger partial charge in [-0.05, 0) is 35.6 Å². The summed E-state index contributed by atoms with van der Waals surface area (Å²) >= 11 is 7.04. The van der Waals surface area contributed by atoms with Crippen molar-refractivity contribution >= 4 is 28.9 Å². The van der Waals surface area contributed by atoms with Crippen molar-refractivity contribution in [1.82, 2.24) is 9.59 Å². The second-order valence-electron chi connectivity index (χ2n) is 3.63. The quantitative estimate of drug-likeness (QED) is 0.799. The molecule has 0 saturated heterocycles. The standard InChI is InChI=1S/C12H11ClN2OS/c1-2-10-12(17-15-14-10)11(16)7-8-4-3-5-9(13)6-8/h3-6H,2,7H2,1H3. The van der Waals surface area contributed by atoms with Gasteiger partial charge in [0.1, 0.15) is 4.88 Å². The average molecular weight is 267 g/mol. The lowest BCUT2D eigenvalue weighted by Crippen LogP contribution is -2.04. The zero-order valence-electron chi connectivity index (χ0n) is 9.31. The van der Waals surface area contributed by atoms with Gasteiger partial charge in [-0.3, -0.25) is 4.79 Å². The Morgan fingerprint density at radius 3 is 3.00 bits per heavy atom. The molecule has 2 rings (SSSR count). The molecule has 0 amide bonds. The summed E-state index contributed by atoms with van der Waals surface area (Å²) in [5.74, 6) is 0.0547. The second kappa shape index (κ2) is 5.38. The first-order valence-corrected chi connectivity index (χ1v) is 6.44. The highest BCUT2D eigenvalue weighted by Gasteiger charge is 2.15. The van der Waals surface area contributed by atoms with Gasteiger partial charge in [-0.2, -0.15) is 0 Å². The molecule has 0 spiro atoms. The number of carbonyl (C=O) groups excluding carboxylic acids is 1. The van der Waals surface area contributed by atoms with Crippen molar-refractivity contribution in [3.63, 3.8) is 0 Å². The van der Waals surface area contributed by atoms with E-state index < -0.39 is 0 Å². The first-order chi connectivity index (χ1) is 8.20. The molecule has 1 aromatic carbocycles. The first kappa shape index (κ1) is 12.2. The zero-order chi connectivity index (χ0) is 12.3. The van der Waals surface area contributed by atoms with Crippen LogP contribution in [0.1, 0.15) is 27.9 Å². The third kappa shape index (κ3) is 2.90. The Kier molecular flexibility index (Phi) is 3.86. The maximum atomic E-state index is 12.1. The van der Waals surface area contributed by atoms with Crippen LogP contribution in [0.5, 0.6) is 0 Å². The van der Waals surface area contributed by atoms with Crippen molar-refractivity contribution in [2.45, 2.75) is 19.8 Å². The van der Waals surface area contributed by atoms with E-state index in [-0.39, 0.29) is 5.78 Å². The van der Waals surface area contributed by atoms with Gasteiger partial charge in [0.15, 0.2) is 5.78 Å². The fourth-order valence-corrected chi connectivity index (χ4v) is 2.46. The number of hydrogen-bond acceptors (Lipinski definition) is 4. The molecule has 0 atom stereocenters. The number of Topliss-reactive ketones (excluding diaryl/α,β-unsaturated/α-hetero) is 1. The van der Waals surface area contributed by atoms with E-state index in [1.165, 1.54) is 0 Å². The van der Waals surface area contributed by atoms with Crippen molar-refractivity contribution in [2.24, 2.45) is 0 Å². The molecule has 0 aliphatic rings. The molecule has 0 aliphatic heterocycles. The van der Waals surface area contributed by atoms with Gasteiger partial charge in [-0.25, -0.2) is 0 Å². The molecule has 0 saturated carbocycles. The van der Waals surface area contributed by atoms with E-state index in [4.69, 9.17) is 11.6 Å². The van der Waals surface area contributed by atoms with E-state index in [0.29, 0.717) is 16.3 Å². The molecule has 0 aliphatic carbocycles. The van der Waals surface area contributed by atoms with Gasteiger partial charge in [-0.15, -0.1) is 5.10 Å². The van der Waals surface area contributed by atoms with E-state index in [1.54, 1.807) is 12.1 Å². The van der Waals surface area contributed by atoms with Crippen molar-refractivity contribution < 1.29 is 4.79 Å². The Labute approximate surface area is 109 Å². The third-order valence-electron chi connectivity index (χ3n) is 2.40. The van der Waals surface area contributed by atoms with Gasteiger partial charge >= 0.3 is 0 Å². The molecule has 1 aromatic heterocycles. The summed E-state index contributed by atoms with van der Waals surface area (Å²) in [5.41, 5.74) is 1.69. The normalized spacial score (nSPS) is 10.5. The topological polar surface area (TPSA) is 42.9 Å². The number of nitrogens with zero attached hydrogens (tertiary/aromatic N) is 2.